The van der Waals surface area contributed by atoms with E-state index in [1.54, 1.807) is 13.0 Å². The largest absolute Gasteiger partial charge is 0.405 e. The number of nitrogens with zero attached hydrogens (tertiary/aromatic N) is 2. The van der Waals surface area contributed by atoms with Crippen LogP contribution in [0.4, 0.5) is 5.69 Å². The Morgan fingerprint density at radius 1 is 1.52 bits per heavy atom. The standard InChI is InChI=1S/C15H21ClN4O/c1-10-4-5-12(18-3)8-13(10)14(6-7-17)20-15(16)19-11(2)9-21/h4-8,11,18,21H,9,17H2,1-3H3/b7-6+,19-15?,20-14+/t11-/m1/s1. The first-order valence-corrected chi connectivity index (χ1v) is 6.99. The molecule has 1 rings (SSSR count). The maximum absolute atomic E-state index is 8.99. The number of anilines is 1. The van der Waals surface area contributed by atoms with Gasteiger partial charge in [0.05, 0.1) is 18.4 Å². The molecule has 4 N–H and O–H groups in total. The molecular weight excluding hydrogens is 288 g/mol. The van der Waals surface area contributed by atoms with Gasteiger partial charge in [0.25, 0.3) is 0 Å². The lowest BCUT2D eigenvalue weighted by molar-refractivity contribution is 0.274. The highest BCUT2D eigenvalue weighted by molar-refractivity contribution is 6.66. The van der Waals surface area contributed by atoms with Crippen LogP contribution >= 0.6 is 11.6 Å². The highest BCUT2D eigenvalue weighted by Crippen LogP contribution is 2.17. The van der Waals surface area contributed by atoms with E-state index in [0.29, 0.717) is 5.71 Å². The lowest BCUT2D eigenvalue weighted by Crippen LogP contribution is -2.08. The number of aryl methyl sites for hydroxylation is 1. The van der Waals surface area contributed by atoms with Crippen molar-refractivity contribution in [2.75, 3.05) is 19.0 Å². The summed E-state index contributed by atoms with van der Waals surface area (Å²) in [6.45, 7) is 3.65. The van der Waals surface area contributed by atoms with Crippen LogP contribution in [0.5, 0.6) is 0 Å². The number of aliphatic hydroxyl groups is 1. The van der Waals surface area contributed by atoms with Gasteiger partial charge in [0, 0.05) is 18.3 Å². The normalized spacial score (nSPS) is 14.5. The molecule has 21 heavy (non-hydrogen) atoms. The number of halogens is 1. The first kappa shape index (κ1) is 17.2. The predicted octanol–water partition coefficient (Wildman–Crippen LogP) is 2.27. The van der Waals surface area contributed by atoms with Gasteiger partial charge in [-0.3, -0.25) is 4.99 Å². The van der Waals surface area contributed by atoms with Gasteiger partial charge in [-0.05, 0) is 55.4 Å². The van der Waals surface area contributed by atoms with Crippen LogP contribution in [-0.2, 0) is 0 Å². The predicted molar refractivity (Wildman–Crippen MR) is 90.4 cm³/mol. The van der Waals surface area contributed by atoms with Crippen LogP contribution in [0.2, 0.25) is 0 Å². The molecule has 0 unspecified atom stereocenters. The molecule has 0 aliphatic carbocycles. The molecule has 1 aromatic rings. The van der Waals surface area contributed by atoms with Gasteiger partial charge in [0.1, 0.15) is 0 Å². The Hall–Kier alpha value is -1.85. The molecule has 0 aromatic heterocycles. The molecule has 114 valence electrons. The summed E-state index contributed by atoms with van der Waals surface area (Å²) in [7, 11) is 1.85. The molecule has 0 amide bonds. The Labute approximate surface area is 130 Å². The van der Waals surface area contributed by atoms with Crippen LogP contribution in [0.25, 0.3) is 0 Å². The molecule has 0 saturated heterocycles. The van der Waals surface area contributed by atoms with Crippen LogP contribution in [0.15, 0.2) is 40.5 Å². The molecule has 0 aliphatic rings. The van der Waals surface area contributed by atoms with Gasteiger partial charge in [-0.1, -0.05) is 6.07 Å². The third-order valence-corrected chi connectivity index (χ3v) is 3.04. The summed E-state index contributed by atoms with van der Waals surface area (Å²) in [5.74, 6) is 0. The average Bonchev–Trinajstić information content (AvgIpc) is 2.47. The molecule has 1 aromatic carbocycles. The molecule has 0 saturated carbocycles. The Bertz CT molecular complexity index is 567. The van der Waals surface area contributed by atoms with Crippen molar-refractivity contribution in [3.05, 3.63) is 41.6 Å². The van der Waals surface area contributed by atoms with Crippen molar-refractivity contribution in [2.45, 2.75) is 19.9 Å². The number of hydrogen-bond acceptors (Lipinski definition) is 4. The molecule has 0 spiro atoms. The number of aliphatic hydroxyl groups excluding tert-OH is 1. The Morgan fingerprint density at radius 2 is 2.24 bits per heavy atom. The molecule has 0 fully saturated rings. The van der Waals surface area contributed by atoms with Crippen molar-refractivity contribution < 1.29 is 5.11 Å². The van der Waals surface area contributed by atoms with E-state index in [0.717, 1.165) is 16.8 Å². The monoisotopic (exact) mass is 308 g/mol. The first-order chi connectivity index (χ1) is 10.0. The zero-order chi connectivity index (χ0) is 15.8. The number of hydrogen-bond donors (Lipinski definition) is 3. The van der Waals surface area contributed by atoms with E-state index in [-0.39, 0.29) is 17.9 Å². The van der Waals surface area contributed by atoms with Gasteiger partial charge in [0.2, 0.25) is 5.29 Å². The van der Waals surface area contributed by atoms with E-state index in [9.17, 15) is 0 Å². The highest BCUT2D eigenvalue weighted by Gasteiger charge is 2.07. The van der Waals surface area contributed by atoms with Gasteiger partial charge >= 0.3 is 0 Å². The zero-order valence-corrected chi connectivity index (χ0v) is 13.2. The van der Waals surface area contributed by atoms with Crippen molar-refractivity contribution in [1.29, 1.82) is 0 Å². The summed E-state index contributed by atoms with van der Waals surface area (Å²) in [6, 6.07) is 5.64. The lowest BCUT2D eigenvalue weighted by Gasteiger charge is -2.09. The number of aliphatic imine (C=N–C) groups is 2. The lowest BCUT2D eigenvalue weighted by atomic mass is 10.0. The zero-order valence-electron chi connectivity index (χ0n) is 12.5. The summed E-state index contributed by atoms with van der Waals surface area (Å²) in [4.78, 5) is 8.36. The highest BCUT2D eigenvalue weighted by atomic mass is 35.5. The second kappa shape index (κ2) is 8.44. The fourth-order valence-corrected chi connectivity index (χ4v) is 1.94. The topological polar surface area (TPSA) is 83.0 Å². The fourth-order valence-electron chi connectivity index (χ4n) is 1.68. The minimum Gasteiger partial charge on any atom is -0.405 e. The second-order valence-corrected chi connectivity index (χ2v) is 4.90. The van der Waals surface area contributed by atoms with Gasteiger partial charge in [-0.15, -0.1) is 0 Å². The molecule has 0 heterocycles. The third kappa shape index (κ3) is 5.21. The Morgan fingerprint density at radius 3 is 2.81 bits per heavy atom. The van der Waals surface area contributed by atoms with Crippen LogP contribution in [0.1, 0.15) is 18.1 Å². The Balaban J connectivity index is 3.27. The van der Waals surface area contributed by atoms with Crippen LogP contribution < -0.4 is 11.1 Å². The van der Waals surface area contributed by atoms with Gasteiger partial charge in [0.15, 0.2) is 0 Å². The quantitative estimate of drug-likeness (QED) is 0.443. The van der Waals surface area contributed by atoms with Gasteiger partial charge in [-0.2, -0.15) is 0 Å². The smallest absolute Gasteiger partial charge is 0.218 e. The molecule has 0 bridgehead atoms. The van der Waals surface area contributed by atoms with Gasteiger partial charge in [-0.25, -0.2) is 4.99 Å². The van der Waals surface area contributed by atoms with Gasteiger partial charge < -0.3 is 16.2 Å². The third-order valence-electron chi connectivity index (χ3n) is 2.86. The number of allylic oxidation sites excluding steroid dienone is 1. The van der Waals surface area contributed by atoms with E-state index in [2.05, 4.69) is 15.3 Å². The maximum Gasteiger partial charge on any atom is 0.218 e. The number of amidine groups is 1. The second-order valence-electron chi connectivity index (χ2n) is 4.57. The molecule has 6 heteroatoms. The minimum absolute atomic E-state index is 0.0813. The molecule has 0 aliphatic heterocycles. The number of benzene rings is 1. The summed E-state index contributed by atoms with van der Waals surface area (Å²) in [5, 5.41) is 12.2. The molecule has 0 radical (unpaired) electrons. The first-order valence-electron chi connectivity index (χ1n) is 6.61. The molecule has 5 nitrogen and oxygen atoms in total. The van der Waals surface area contributed by atoms with Crippen molar-refractivity contribution in [3.63, 3.8) is 0 Å². The van der Waals surface area contributed by atoms with E-state index in [1.807, 2.05) is 32.2 Å². The number of nitrogens with one attached hydrogen (secondary N) is 1. The van der Waals surface area contributed by atoms with E-state index in [4.69, 9.17) is 22.4 Å². The number of nitrogens with two attached hydrogens (primary N) is 1. The fraction of sp³-hybridized carbons (Fsp3) is 0.333. The van der Waals surface area contributed by atoms with Crippen LogP contribution in [0, 0.1) is 6.92 Å². The van der Waals surface area contributed by atoms with Crippen molar-refractivity contribution >= 4 is 28.3 Å². The van der Waals surface area contributed by atoms with E-state index < -0.39 is 0 Å². The maximum atomic E-state index is 8.99. The van der Waals surface area contributed by atoms with Crippen molar-refractivity contribution in [2.24, 2.45) is 15.7 Å². The summed E-state index contributed by atoms with van der Waals surface area (Å²) >= 11 is 6.02. The van der Waals surface area contributed by atoms with E-state index in [1.165, 1.54) is 6.20 Å². The average molecular weight is 309 g/mol. The minimum atomic E-state index is -0.297. The summed E-state index contributed by atoms with van der Waals surface area (Å²) in [5.41, 5.74) is 9.03. The van der Waals surface area contributed by atoms with Crippen molar-refractivity contribution in [3.8, 4) is 0 Å². The number of rotatable bonds is 5. The van der Waals surface area contributed by atoms with Crippen molar-refractivity contribution in [1.82, 2.24) is 0 Å². The SMILES string of the molecule is CNc1ccc(C)c(C(/C=C/N)=N/C(Cl)=N[C@H](C)CO)c1. The van der Waals surface area contributed by atoms with E-state index >= 15 is 0 Å². The molecular formula is C15H21ClN4O. The van der Waals surface area contributed by atoms with Crippen LogP contribution in [-0.4, -0.2) is 35.8 Å². The summed E-state index contributed by atoms with van der Waals surface area (Å²) in [6.07, 6.45) is 3.08. The molecule has 1 atom stereocenters. The Kier molecular flexibility index (Phi) is 6.91. The summed E-state index contributed by atoms with van der Waals surface area (Å²) < 4.78 is 0. The van der Waals surface area contributed by atoms with Crippen LogP contribution in [0.3, 0.4) is 0 Å².